The number of aromatic amines is 1. The van der Waals surface area contributed by atoms with Gasteiger partial charge in [-0.15, -0.1) is 0 Å². The van der Waals surface area contributed by atoms with Gasteiger partial charge in [0.15, 0.2) is 0 Å². The van der Waals surface area contributed by atoms with E-state index in [0.717, 1.165) is 51.4 Å². The summed E-state index contributed by atoms with van der Waals surface area (Å²) in [5, 5.41) is 1.77. The van der Waals surface area contributed by atoms with Gasteiger partial charge in [0.05, 0.1) is 5.02 Å². The number of fused-ring (bicyclic) bond motifs is 1. The molecule has 0 unspecified atom stereocenters. The van der Waals surface area contributed by atoms with E-state index in [4.69, 9.17) is 11.6 Å². The van der Waals surface area contributed by atoms with Crippen molar-refractivity contribution in [2.45, 2.75) is 13.3 Å². The van der Waals surface area contributed by atoms with Gasteiger partial charge in [-0.05, 0) is 52.5 Å². The number of rotatable bonds is 5. The van der Waals surface area contributed by atoms with Crippen molar-refractivity contribution in [3.8, 4) is 0 Å². The second-order valence-corrected chi connectivity index (χ2v) is 6.95. The first kappa shape index (κ1) is 18.2. The number of hydrogen-bond donors (Lipinski definition) is 1. The van der Waals surface area contributed by atoms with Crippen molar-refractivity contribution in [1.82, 2.24) is 9.97 Å². The highest BCUT2D eigenvalue weighted by atomic mass is 35.5. The summed E-state index contributed by atoms with van der Waals surface area (Å²) in [6, 6.07) is 18.0. The van der Waals surface area contributed by atoms with Crippen molar-refractivity contribution in [2.75, 3.05) is 0 Å². The van der Waals surface area contributed by atoms with Crippen molar-refractivity contribution in [3.05, 3.63) is 100 Å². The Labute approximate surface area is 168 Å². The molecule has 28 heavy (non-hydrogen) atoms. The SMILES string of the molecule is CC/C(=C(/c1ccc(C=O)cc1)c1cccc2[nH]ccc12)c1ccncc1Cl. The lowest BCUT2D eigenvalue weighted by Crippen LogP contribution is -1.97. The van der Waals surface area contributed by atoms with Crippen LogP contribution in [0.25, 0.3) is 22.0 Å². The number of nitrogens with one attached hydrogen (secondary N) is 1. The summed E-state index contributed by atoms with van der Waals surface area (Å²) in [6.07, 6.45) is 7.06. The fourth-order valence-electron chi connectivity index (χ4n) is 3.65. The predicted octanol–water partition coefficient (Wildman–Crippen LogP) is 6.40. The molecule has 4 aromatic rings. The predicted molar refractivity (Wildman–Crippen MR) is 116 cm³/mol. The van der Waals surface area contributed by atoms with Crippen molar-refractivity contribution < 1.29 is 4.79 Å². The number of hydrogen-bond acceptors (Lipinski definition) is 2. The normalized spacial score (nSPS) is 12.1. The Balaban J connectivity index is 2.07. The van der Waals surface area contributed by atoms with Gasteiger partial charge in [0.25, 0.3) is 0 Å². The van der Waals surface area contributed by atoms with Crippen LogP contribution in [-0.2, 0) is 0 Å². The Morgan fingerprint density at radius 1 is 1.07 bits per heavy atom. The lowest BCUT2D eigenvalue weighted by Gasteiger charge is -2.18. The van der Waals surface area contributed by atoms with E-state index in [2.05, 4.69) is 41.2 Å². The topological polar surface area (TPSA) is 45.8 Å². The molecule has 4 rings (SSSR count). The van der Waals surface area contributed by atoms with Crippen LogP contribution < -0.4 is 0 Å². The molecule has 0 aliphatic rings. The van der Waals surface area contributed by atoms with E-state index < -0.39 is 0 Å². The number of pyridine rings is 1. The van der Waals surface area contributed by atoms with E-state index in [9.17, 15) is 4.79 Å². The van der Waals surface area contributed by atoms with E-state index in [0.29, 0.717) is 10.6 Å². The van der Waals surface area contributed by atoms with Crippen molar-refractivity contribution in [1.29, 1.82) is 0 Å². The molecule has 0 saturated heterocycles. The minimum absolute atomic E-state index is 0.627. The summed E-state index contributed by atoms with van der Waals surface area (Å²) in [7, 11) is 0. The molecule has 0 fully saturated rings. The van der Waals surface area contributed by atoms with Crippen LogP contribution in [0.3, 0.4) is 0 Å². The average molecular weight is 387 g/mol. The molecule has 0 radical (unpaired) electrons. The first-order valence-electron chi connectivity index (χ1n) is 9.18. The second-order valence-electron chi connectivity index (χ2n) is 6.55. The highest BCUT2D eigenvalue weighted by Gasteiger charge is 2.17. The van der Waals surface area contributed by atoms with Gasteiger partial charge in [-0.25, -0.2) is 0 Å². The van der Waals surface area contributed by atoms with Crippen LogP contribution in [0, 0.1) is 0 Å². The molecule has 0 aliphatic carbocycles. The summed E-state index contributed by atoms with van der Waals surface area (Å²) in [6.45, 7) is 2.13. The highest BCUT2D eigenvalue weighted by Crippen LogP contribution is 2.39. The van der Waals surface area contributed by atoms with Crippen molar-refractivity contribution in [2.24, 2.45) is 0 Å². The molecule has 0 atom stereocenters. The maximum Gasteiger partial charge on any atom is 0.150 e. The second kappa shape index (κ2) is 7.83. The third-order valence-corrected chi connectivity index (χ3v) is 5.25. The van der Waals surface area contributed by atoms with Crippen LogP contribution in [0.15, 0.2) is 73.2 Å². The van der Waals surface area contributed by atoms with E-state index in [1.165, 1.54) is 0 Å². The Morgan fingerprint density at radius 3 is 2.61 bits per heavy atom. The first-order valence-corrected chi connectivity index (χ1v) is 9.56. The van der Waals surface area contributed by atoms with Gasteiger partial charge < -0.3 is 4.98 Å². The zero-order valence-corrected chi connectivity index (χ0v) is 16.2. The van der Waals surface area contributed by atoms with Gasteiger partial charge in [-0.3, -0.25) is 9.78 Å². The Hall–Kier alpha value is -3.17. The molecule has 2 aromatic heterocycles. The van der Waals surface area contributed by atoms with Crippen LogP contribution in [0.4, 0.5) is 0 Å². The van der Waals surface area contributed by atoms with E-state index in [-0.39, 0.29) is 0 Å². The largest absolute Gasteiger partial charge is 0.361 e. The number of aldehydes is 1. The number of aromatic nitrogens is 2. The minimum atomic E-state index is 0.627. The molecule has 2 aromatic carbocycles. The quantitative estimate of drug-likeness (QED) is 0.403. The van der Waals surface area contributed by atoms with Crippen molar-refractivity contribution in [3.63, 3.8) is 0 Å². The lowest BCUT2D eigenvalue weighted by molar-refractivity contribution is 0.112. The Kier molecular flexibility index (Phi) is 5.09. The zero-order chi connectivity index (χ0) is 19.5. The van der Waals surface area contributed by atoms with Gasteiger partial charge in [0.2, 0.25) is 0 Å². The van der Waals surface area contributed by atoms with Crippen LogP contribution in [0.2, 0.25) is 5.02 Å². The zero-order valence-electron chi connectivity index (χ0n) is 15.4. The minimum Gasteiger partial charge on any atom is -0.361 e. The molecule has 1 N–H and O–H groups in total. The smallest absolute Gasteiger partial charge is 0.150 e. The third-order valence-electron chi connectivity index (χ3n) is 4.95. The van der Waals surface area contributed by atoms with Crippen LogP contribution in [-0.4, -0.2) is 16.3 Å². The Morgan fingerprint density at radius 2 is 1.89 bits per heavy atom. The molecule has 4 heteroatoms. The number of H-pyrrole nitrogens is 1. The fraction of sp³-hybridized carbons (Fsp3) is 0.0833. The number of carbonyl (C=O) groups excluding carboxylic acids is 1. The van der Waals surface area contributed by atoms with Crippen LogP contribution in [0.1, 0.15) is 40.4 Å². The van der Waals surface area contributed by atoms with E-state index in [1.807, 2.05) is 36.5 Å². The van der Waals surface area contributed by atoms with Gasteiger partial charge in [0.1, 0.15) is 6.29 Å². The molecule has 2 heterocycles. The lowest BCUT2D eigenvalue weighted by atomic mass is 9.87. The standard InChI is InChI=1S/C24H19ClN2O/c1-2-18(19-10-12-26-14-22(19)25)24(17-8-6-16(15-28)7-9-17)21-4-3-5-23-20(21)11-13-27-23/h3-15,27H,2H2,1H3/b24-18+. The fourth-order valence-corrected chi connectivity index (χ4v) is 3.88. The van der Waals surface area contributed by atoms with Crippen LogP contribution in [0.5, 0.6) is 0 Å². The number of allylic oxidation sites excluding steroid dienone is 1. The molecule has 3 nitrogen and oxygen atoms in total. The van der Waals surface area contributed by atoms with E-state index in [1.54, 1.807) is 12.4 Å². The Bertz CT molecular complexity index is 1170. The van der Waals surface area contributed by atoms with Crippen LogP contribution >= 0.6 is 11.6 Å². The monoisotopic (exact) mass is 386 g/mol. The first-order chi connectivity index (χ1) is 13.7. The number of halogens is 1. The molecular formula is C24H19ClN2O. The molecule has 0 amide bonds. The summed E-state index contributed by atoms with van der Waals surface area (Å²) in [4.78, 5) is 18.5. The van der Waals surface area contributed by atoms with Gasteiger partial charge in [-0.1, -0.05) is 54.9 Å². The summed E-state index contributed by atoms with van der Waals surface area (Å²) < 4.78 is 0. The van der Waals surface area contributed by atoms with Gasteiger partial charge in [0, 0.05) is 35.1 Å². The average Bonchev–Trinajstić information content (AvgIpc) is 3.22. The van der Waals surface area contributed by atoms with Gasteiger partial charge >= 0.3 is 0 Å². The summed E-state index contributed by atoms with van der Waals surface area (Å²) in [5.41, 5.74) is 7.13. The molecule has 0 spiro atoms. The highest BCUT2D eigenvalue weighted by molar-refractivity contribution is 6.32. The number of carbonyl (C=O) groups is 1. The molecule has 0 bridgehead atoms. The molecule has 0 aliphatic heterocycles. The maximum absolute atomic E-state index is 11.1. The number of benzene rings is 2. The molecule has 138 valence electrons. The number of nitrogens with zero attached hydrogens (tertiary/aromatic N) is 1. The molecular weight excluding hydrogens is 368 g/mol. The molecule has 0 saturated carbocycles. The maximum atomic E-state index is 11.1. The van der Waals surface area contributed by atoms with Crippen molar-refractivity contribution >= 4 is 39.9 Å². The summed E-state index contributed by atoms with van der Waals surface area (Å²) in [5.74, 6) is 0. The van der Waals surface area contributed by atoms with Gasteiger partial charge in [-0.2, -0.15) is 0 Å². The summed E-state index contributed by atoms with van der Waals surface area (Å²) >= 11 is 6.51. The third kappa shape index (κ3) is 3.25. The van der Waals surface area contributed by atoms with E-state index >= 15 is 0 Å².